The maximum absolute atomic E-state index is 5.94. The number of ether oxygens (including phenoxy) is 1. The number of rotatable bonds is 2. The normalized spacial score (nSPS) is 42.2. The van der Waals surface area contributed by atoms with Crippen molar-refractivity contribution in [1.29, 1.82) is 0 Å². The van der Waals surface area contributed by atoms with Gasteiger partial charge in [-0.25, -0.2) is 0 Å². The molecule has 0 bridgehead atoms. The van der Waals surface area contributed by atoms with Crippen LogP contribution in [-0.4, -0.2) is 42.8 Å². The third kappa shape index (κ3) is 3.44. The molecule has 2 unspecified atom stereocenters. The lowest BCUT2D eigenvalue weighted by molar-refractivity contribution is -0.0725. The first-order valence-corrected chi connectivity index (χ1v) is 6.77. The van der Waals surface area contributed by atoms with Gasteiger partial charge in [0, 0.05) is 25.7 Å². The molecular weight excluding hydrogens is 200 g/mol. The van der Waals surface area contributed by atoms with E-state index in [4.69, 9.17) is 10.5 Å². The Morgan fingerprint density at radius 2 is 1.62 bits per heavy atom. The molecule has 2 atom stereocenters. The Morgan fingerprint density at radius 3 is 2.19 bits per heavy atom. The van der Waals surface area contributed by atoms with Crippen molar-refractivity contribution in [2.45, 2.75) is 57.8 Å². The highest BCUT2D eigenvalue weighted by Crippen LogP contribution is 2.25. The summed E-state index contributed by atoms with van der Waals surface area (Å²) in [6.07, 6.45) is 5.88. The Morgan fingerprint density at radius 1 is 1.06 bits per heavy atom. The summed E-state index contributed by atoms with van der Waals surface area (Å²) in [7, 11) is 0. The van der Waals surface area contributed by atoms with Gasteiger partial charge in [-0.15, -0.1) is 0 Å². The van der Waals surface area contributed by atoms with Crippen molar-refractivity contribution in [1.82, 2.24) is 4.90 Å². The third-order valence-electron chi connectivity index (χ3n) is 3.90. The molecule has 3 nitrogen and oxygen atoms in total. The van der Waals surface area contributed by atoms with Crippen LogP contribution in [0.1, 0.15) is 39.5 Å². The third-order valence-corrected chi connectivity index (χ3v) is 3.90. The zero-order valence-electron chi connectivity index (χ0n) is 10.7. The molecule has 3 heteroatoms. The summed E-state index contributed by atoms with van der Waals surface area (Å²) in [6.45, 7) is 7.82. The van der Waals surface area contributed by atoms with E-state index in [2.05, 4.69) is 18.7 Å². The summed E-state index contributed by atoms with van der Waals surface area (Å²) in [5, 5.41) is 0. The van der Waals surface area contributed by atoms with Gasteiger partial charge in [-0.05, 0) is 45.4 Å². The van der Waals surface area contributed by atoms with Gasteiger partial charge in [-0.3, -0.25) is 4.90 Å². The maximum atomic E-state index is 5.94. The first-order chi connectivity index (χ1) is 7.63. The molecule has 1 saturated carbocycles. The van der Waals surface area contributed by atoms with E-state index < -0.39 is 0 Å². The molecule has 1 saturated heterocycles. The summed E-state index contributed by atoms with van der Waals surface area (Å²) in [6, 6.07) is 0.471. The zero-order chi connectivity index (χ0) is 11.5. The average Bonchev–Trinajstić information content (AvgIpc) is 2.20. The fraction of sp³-hybridized carbons (Fsp3) is 1.00. The number of nitrogens with zero attached hydrogens (tertiary/aromatic N) is 1. The van der Waals surface area contributed by atoms with Crippen molar-refractivity contribution in [3.05, 3.63) is 0 Å². The zero-order valence-corrected chi connectivity index (χ0v) is 10.7. The number of nitrogens with two attached hydrogens (primary N) is 1. The summed E-state index contributed by atoms with van der Waals surface area (Å²) in [4.78, 5) is 2.58. The SMILES string of the molecule is CC1CN(CC2CCC(N)CC2)CC(C)O1. The van der Waals surface area contributed by atoms with E-state index in [1.54, 1.807) is 0 Å². The Balaban J connectivity index is 1.76. The lowest BCUT2D eigenvalue weighted by Gasteiger charge is -2.38. The van der Waals surface area contributed by atoms with Crippen molar-refractivity contribution in [2.75, 3.05) is 19.6 Å². The second kappa shape index (κ2) is 5.48. The molecule has 2 rings (SSSR count). The van der Waals surface area contributed by atoms with Crippen LogP contribution in [0.3, 0.4) is 0 Å². The second-order valence-corrected chi connectivity index (χ2v) is 5.76. The molecule has 0 aromatic carbocycles. The molecule has 0 amide bonds. The molecule has 94 valence electrons. The molecular formula is C13H26N2O. The van der Waals surface area contributed by atoms with Crippen LogP contribution in [-0.2, 0) is 4.74 Å². The molecule has 1 aliphatic heterocycles. The highest BCUT2D eigenvalue weighted by Gasteiger charge is 2.26. The van der Waals surface area contributed by atoms with E-state index in [9.17, 15) is 0 Å². The van der Waals surface area contributed by atoms with Crippen LogP contribution in [0.5, 0.6) is 0 Å². The predicted octanol–water partition coefficient (Wildman–Crippen LogP) is 1.61. The first kappa shape index (κ1) is 12.3. The van der Waals surface area contributed by atoms with Crippen molar-refractivity contribution in [3.63, 3.8) is 0 Å². The highest BCUT2D eigenvalue weighted by molar-refractivity contribution is 4.80. The molecule has 0 spiro atoms. The largest absolute Gasteiger partial charge is 0.373 e. The molecule has 16 heavy (non-hydrogen) atoms. The van der Waals surface area contributed by atoms with Crippen molar-refractivity contribution < 1.29 is 4.74 Å². The first-order valence-electron chi connectivity index (χ1n) is 6.77. The van der Waals surface area contributed by atoms with Crippen molar-refractivity contribution in [3.8, 4) is 0 Å². The Kier molecular flexibility index (Phi) is 4.22. The minimum atomic E-state index is 0.398. The van der Waals surface area contributed by atoms with Crippen molar-refractivity contribution in [2.24, 2.45) is 11.7 Å². The van der Waals surface area contributed by atoms with Gasteiger partial charge in [-0.1, -0.05) is 0 Å². The molecule has 2 aliphatic rings. The summed E-state index contributed by atoms with van der Waals surface area (Å²) in [5.74, 6) is 0.872. The molecule has 1 aliphatic carbocycles. The quantitative estimate of drug-likeness (QED) is 0.777. The average molecular weight is 226 g/mol. The molecule has 0 radical (unpaired) electrons. The number of hydrogen-bond donors (Lipinski definition) is 1. The van der Waals surface area contributed by atoms with Gasteiger partial charge in [0.25, 0.3) is 0 Å². The van der Waals surface area contributed by atoms with Crippen LogP contribution in [0.2, 0.25) is 0 Å². The van der Waals surface area contributed by atoms with Gasteiger partial charge in [-0.2, -0.15) is 0 Å². The van der Waals surface area contributed by atoms with Crippen LogP contribution in [0.25, 0.3) is 0 Å². The smallest absolute Gasteiger partial charge is 0.0678 e. The van der Waals surface area contributed by atoms with Gasteiger partial charge >= 0.3 is 0 Å². The van der Waals surface area contributed by atoms with E-state index in [1.165, 1.54) is 32.2 Å². The van der Waals surface area contributed by atoms with Crippen LogP contribution in [0.4, 0.5) is 0 Å². The summed E-state index contributed by atoms with van der Waals surface area (Å²) < 4.78 is 5.76. The van der Waals surface area contributed by atoms with E-state index >= 15 is 0 Å². The van der Waals surface area contributed by atoms with Crippen LogP contribution in [0, 0.1) is 5.92 Å². The molecule has 0 aromatic heterocycles. The Hall–Kier alpha value is -0.120. The van der Waals surface area contributed by atoms with Crippen molar-refractivity contribution >= 4 is 0 Å². The monoisotopic (exact) mass is 226 g/mol. The van der Waals surface area contributed by atoms with Crippen LogP contribution < -0.4 is 5.73 Å². The Bertz CT molecular complexity index is 204. The highest BCUT2D eigenvalue weighted by atomic mass is 16.5. The lowest BCUT2D eigenvalue weighted by Crippen LogP contribution is -2.47. The fourth-order valence-electron chi connectivity index (χ4n) is 3.17. The van der Waals surface area contributed by atoms with E-state index in [0.29, 0.717) is 18.2 Å². The standard InChI is InChI=1S/C13H26N2O/c1-10-7-15(8-11(2)16-10)9-12-3-5-13(14)6-4-12/h10-13H,3-9,14H2,1-2H3. The fourth-order valence-corrected chi connectivity index (χ4v) is 3.17. The summed E-state index contributed by atoms with van der Waals surface area (Å²) in [5.41, 5.74) is 5.94. The van der Waals surface area contributed by atoms with E-state index in [1.807, 2.05) is 0 Å². The Labute approximate surface area is 99.3 Å². The van der Waals surface area contributed by atoms with Gasteiger partial charge in [0.1, 0.15) is 0 Å². The van der Waals surface area contributed by atoms with E-state index in [0.717, 1.165) is 19.0 Å². The molecule has 2 N–H and O–H groups in total. The van der Waals surface area contributed by atoms with Crippen LogP contribution in [0.15, 0.2) is 0 Å². The number of hydrogen-bond acceptors (Lipinski definition) is 3. The lowest BCUT2D eigenvalue weighted by atomic mass is 9.86. The van der Waals surface area contributed by atoms with Gasteiger partial charge < -0.3 is 10.5 Å². The van der Waals surface area contributed by atoms with Gasteiger partial charge in [0.15, 0.2) is 0 Å². The van der Waals surface area contributed by atoms with Gasteiger partial charge in [0.05, 0.1) is 12.2 Å². The summed E-state index contributed by atoms with van der Waals surface area (Å²) >= 11 is 0. The molecule has 1 heterocycles. The molecule has 0 aromatic rings. The van der Waals surface area contributed by atoms with Crippen LogP contribution >= 0.6 is 0 Å². The number of morpholine rings is 1. The predicted molar refractivity (Wildman–Crippen MR) is 66.4 cm³/mol. The second-order valence-electron chi connectivity index (χ2n) is 5.76. The minimum absolute atomic E-state index is 0.398. The topological polar surface area (TPSA) is 38.5 Å². The van der Waals surface area contributed by atoms with Gasteiger partial charge in [0.2, 0.25) is 0 Å². The minimum Gasteiger partial charge on any atom is -0.373 e. The maximum Gasteiger partial charge on any atom is 0.0678 e. The van der Waals surface area contributed by atoms with E-state index in [-0.39, 0.29) is 0 Å². The molecule has 2 fully saturated rings.